The summed E-state index contributed by atoms with van der Waals surface area (Å²) in [5, 5.41) is 19.5. The second kappa shape index (κ2) is 10.9. The number of carboxylic acid groups (broad SMARTS) is 1. The van der Waals surface area contributed by atoms with E-state index in [4.69, 9.17) is 14.4 Å². The summed E-state index contributed by atoms with van der Waals surface area (Å²) in [4.78, 5) is 23.8. The van der Waals surface area contributed by atoms with Gasteiger partial charge in [0.25, 0.3) is 0 Å². The van der Waals surface area contributed by atoms with Gasteiger partial charge in [-0.15, -0.1) is 0 Å². The lowest BCUT2D eigenvalue weighted by Gasteiger charge is -2.23. The molecule has 3 N–H and O–H groups in total. The monoisotopic (exact) mass is 511 g/mol. The van der Waals surface area contributed by atoms with E-state index in [1.54, 1.807) is 6.92 Å². The van der Waals surface area contributed by atoms with Gasteiger partial charge in [0.15, 0.2) is 5.76 Å². The Bertz CT molecular complexity index is 1460. The number of amides is 1. The van der Waals surface area contributed by atoms with Gasteiger partial charge in [-0.3, -0.25) is 10.1 Å². The van der Waals surface area contributed by atoms with Crippen LogP contribution in [0.5, 0.6) is 0 Å². The SMILES string of the molecule is Cc1noc(-c2ccc(-c3ccc(CC(=O)O)cc3)c3c2CCNC3)c1NC(=O)OC(C)c1ccccc1. The van der Waals surface area contributed by atoms with Crippen molar-refractivity contribution in [2.24, 2.45) is 0 Å². The lowest BCUT2D eigenvalue weighted by molar-refractivity contribution is -0.136. The molecule has 1 atom stereocenters. The first-order chi connectivity index (χ1) is 18.4. The molecule has 3 aromatic carbocycles. The van der Waals surface area contributed by atoms with E-state index in [-0.39, 0.29) is 6.42 Å². The third kappa shape index (κ3) is 5.31. The van der Waals surface area contributed by atoms with Gasteiger partial charge in [0.1, 0.15) is 17.5 Å². The van der Waals surface area contributed by atoms with Crippen molar-refractivity contribution in [1.29, 1.82) is 0 Å². The van der Waals surface area contributed by atoms with Gasteiger partial charge in [-0.1, -0.05) is 71.9 Å². The summed E-state index contributed by atoms with van der Waals surface area (Å²) >= 11 is 0. The van der Waals surface area contributed by atoms with E-state index in [1.165, 1.54) is 0 Å². The number of aliphatic carboxylic acids is 1. The molecule has 1 amide bonds. The molecule has 8 heteroatoms. The molecule has 1 aliphatic rings. The van der Waals surface area contributed by atoms with Crippen LogP contribution in [0.4, 0.5) is 10.5 Å². The average molecular weight is 512 g/mol. The highest BCUT2D eigenvalue weighted by Gasteiger charge is 2.25. The molecule has 1 unspecified atom stereocenters. The maximum Gasteiger partial charge on any atom is 0.412 e. The Morgan fingerprint density at radius 3 is 2.53 bits per heavy atom. The molecule has 1 aromatic heterocycles. The number of carbonyl (C=O) groups excluding carboxylic acids is 1. The molecule has 194 valence electrons. The third-order valence-corrected chi connectivity index (χ3v) is 6.79. The Morgan fingerprint density at radius 2 is 1.79 bits per heavy atom. The van der Waals surface area contributed by atoms with E-state index in [1.807, 2.05) is 73.7 Å². The molecule has 4 aromatic rings. The number of hydrogen-bond acceptors (Lipinski definition) is 6. The van der Waals surface area contributed by atoms with Crippen LogP contribution in [-0.2, 0) is 28.9 Å². The third-order valence-electron chi connectivity index (χ3n) is 6.79. The van der Waals surface area contributed by atoms with Gasteiger partial charge in [0, 0.05) is 12.1 Å². The second-order valence-corrected chi connectivity index (χ2v) is 9.37. The standard InChI is InChI=1S/C30H29N3O5/c1-18-28(32-30(36)37-19(2)21-6-4-3-5-7-21)29(38-33-18)25-13-12-23(26-17-31-15-14-24(25)26)22-10-8-20(9-11-22)16-27(34)35/h3-13,19,31H,14-17H2,1-2H3,(H,32,36)(H,34,35). The summed E-state index contributed by atoms with van der Waals surface area (Å²) in [6.07, 6.45) is -0.224. The largest absolute Gasteiger partial charge is 0.481 e. The zero-order chi connectivity index (χ0) is 26.6. The number of hydrogen-bond donors (Lipinski definition) is 3. The lowest BCUT2D eigenvalue weighted by Crippen LogP contribution is -2.25. The van der Waals surface area contributed by atoms with Crippen molar-refractivity contribution in [2.45, 2.75) is 39.3 Å². The highest BCUT2D eigenvalue weighted by molar-refractivity contribution is 5.92. The van der Waals surface area contributed by atoms with Crippen molar-refractivity contribution in [3.05, 3.63) is 94.7 Å². The van der Waals surface area contributed by atoms with Crippen molar-refractivity contribution in [1.82, 2.24) is 10.5 Å². The predicted octanol–water partition coefficient (Wildman–Crippen LogP) is 5.90. The number of carboxylic acids is 1. The predicted molar refractivity (Wildman–Crippen MR) is 144 cm³/mol. The van der Waals surface area contributed by atoms with Crippen molar-refractivity contribution < 1.29 is 24.0 Å². The summed E-state index contributed by atoms with van der Waals surface area (Å²) in [5.74, 6) is -0.359. The van der Waals surface area contributed by atoms with Crippen molar-refractivity contribution >= 4 is 17.7 Å². The van der Waals surface area contributed by atoms with Crippen LogP contribution in [0.3, 0.4) is 0 Å². The fourth-order valence-corrected chi connectivity index (χ4v) is 4.85. The summed E-state index contributed by atoms with van der Waals surface area (Å²) in [6.45, 7) is 5.10. The molecule has 0 aliphatic carbocycles. The second-order valence-electron chi connectivity index (χ2n) is 9.37. The van der Waals surface area contributed by atoms with E-state index in [2.05, 4.69) is 15.8 Å². The van der Waals surface area contributed by atoms with Crippen molar-refractivity contribution in [2.75, 3.05) is 11.9 Å². The first kappa shape index (κ1) is 25.2. The molecule has 0 saturated carbocycles. The van der Waals surface area contributed by atoms with Gasteiger partial charge in [0.2, 0.25) is 0 Å². The Morgan fingerprint density at radius 1 is 1.05 bits per heavy atom. The number of aromatic nitrogens is 1. The zero-order valence-corrected chi connectivity index (χ0v) is 21.3. The van der Waals surface area contributed by atoms with Gasteiger partial charge in [0.05, 0.1) is 6.42 Å². The van der Waals surface area contributed by atoms with Crippen LogP contribution in [0.15, 0.2) is 71.3 Å². The molecule has 0 radical (unpaired) electrons. The van der Waals surface area contributed by atoms with E-state index < -0.39 is 18.2 Å². The lowest BCUT2D eigenvalue weighted by atomic mass is 9.87. The molecular formula is C30H29N3O5. The average Bonchev–Trinajstić information content (AvgIpc) is 3.28. The molecule has 5 rings (SSSR count). The molecular weight excluding hydrogens is 482 g/mol. The molecule has 0 bridgehead atoms. The molecule has 0 saturated heterocycles. The van der Waals surface area contributed by atoms with E-state index in [0.29, 0.717) is 23.7 Å². The molecule has 0 fully saturated rings. The molecule has 8 nitrogen and oxygen atoms in total. The van der Waals surface area contributed by atoms with Crippen LogP contribution in [0.2, 0.25) is 0 Å². The maximum atomic E-state index is 12.8. The highest BCUT2D eigenvalue weighted by atomic mass is 16.6. The number of fused-ring (bicyclic) bond motifs is 1. The smallest absolute Gasteiger partial charge is 0.412 e. The molecule has 2 heterocycles. The van der Waals surface area contributed by atoms with E-state index in [9.17, 15) is 9.59 Å². The van der Waals surface area contributed by atoms with Crippen LogP contribution in [-0.4, -0.2) is 28.9 Å². The minimum atomic E-state index is -0.853. The number of ether oxygens (including phenoxy) is 1. The highest BCUT2D eigenvalue weighted by Crippen LogP contribution is 2.39. The Hall–Kier alpha value is -4.43. The molecule has 0 spiro atoms. The number of nitrogens with one attached hydrogen (secondary N) is 2. The summed E-state index contributed by atoms with van der Waals surface area (Å²) < 4.78 is 11.4. The maximum absolute atomic E-state index is 12.8. The van der Waals surface area contributed by atoms with Crippen molar-refractivity contribution in [3.8, 4) is 22.5 Å². The number of aryl methyl sites for hydroxylation is 1. The Labute approximate surface area is 220 Å². The Balaban J connectivity index is 1.44. The summed E-state index contributed by atoms with van der Waals surface area (Å²) in [7, 11) is 0. The Kier molecular flexibility index (Phi) is 7.24. The minimum Gasteiger partial charge on any atom is -0.481 e. The van der Waals surface area contributed by atoms with Gasteiger partial charge in [-0.2, -0.15) is 0 Å². The summed E-state index contributed by atoms with van der Waals surface area (Å²) in [5.41, 5.74) is 7.92. The van der Waals surface area contributed by atoms with Crippen LogP contribution < -0.4 is 10.6 Å². The fourth-order valence-electron chi connectivity index (χ4n) is 4.85. The minimum absolute atomic E-state index is 0.00787. The number of nitrogens with zero attached hydrogens (tertiary/aromatic N) is 1. The normalized spacial score (nSPS) is 13.4. The van der Waals surface area contributed by atoms with Crippen LogP contribution in [0, 0.1) is 6.92 Å². The zero-order valence-electron chi connectivity index (χ0n) is 21.3. The number of rotatable bonds is 7. The van der Waals surface area contributed by atoms with Crippen LogP contribution in [0.25, 0.3) is 22.5 Å². The van der Waals surface area contributed by atoms with Crippen molar-refractivity contribution in [3.63, 3.8) is 0 Å². The van der Waals surface area contributed by atoms with Gasteiger partial charge in [-0.05, 0) is 60.2 Å². The molecule has 38 heavy (non-hydrogen) atoms. The first-order valence-corrected chi connectivity index (χ1v) is 12.6. The van der Waals surface area contributed by atoms with Gasteiger partial charge >= 0.3 is 12.1 Å². The van der Waals surface area contributed by atoms with Crippen LogP contribution >= 0.6 is 0 Å². The van der Waals surface area contributed by atoms with Gasteiger partial charge < -0.3 is 19.7 Å². The quantitative estimate of drug-likeness (QED) is 0.283. The van der Waals surface area contributed by atoms with E-state index >= 15 is 0 Å². The van der Waals surface area contributed by atoms with Gasteiger partial charge in [-0.25, -0.2) is 4.79 Å². The fraction of sp³-hybridized carbons (Fsp3) is 0.233. The topological polar surface area (TPSA) is 114 Å². The van der Waals surface area contributed by atoms with Crippen LogP contribution in [0.1, 0.15) is 41.0 Å². The number of benzene rings is 3. The van der Waals surface area contributed by atoms with E-state index in [0.717, 1.165) is 51.9 Å². The number of carbonyl (C=O) groups is 2. The first-order valence-electron chi connectivity index (χ1n) is 12.6. The summed E-state index contributed by atoms with van der Waals surface area (Å²) in [6, 6.07) is 21.2. The molecule has 1 aliphatic heterocycles. The number of anilines is 1.